The molecular weight excluding hydrogens is 263 g/mol. The quantitative estimate of drug-likeness (QED) is 0.892. The summed E-state index contributed by atoms with van der Waals surface area (Å²) in [5, 5.41) is 9.58. The Bertz CT molecular complexity index is 680. The Labute approximate surface area is 114 Å². The van der Waals surface area contributed by atoms with Crippen molar-refractivity contribution in [1.29, 1.82) is 0 Å². The monoisotopic (exact) mass is 276 g/mol. The first-order valence-corrected chi connectivity index (χ1v) is 5.89. The van der Waals surface area contributed by atoms with Crippen LogP contribution in [0.1, 0.15) is 15.9 Å². The third-order valence-electron chi connectivity index (χ3n) is 2.84. The molecule has 2 rings (SSSR count). The summed E-state index contributed by atoms with van der Waals surface area (Å²) in [5.74, 6) is -1.45. The van der Waals surface area contributed by atoms with Gasteiger partial charge in [0.15, 0.2) is 5.75 Å². The topological polar surface area (TPSA) is 73.4 Å². The van der Waals surface area contributed by atoms with Crippen molar-refractivity contribution in [3.63, 3.8) is 0 Å². The third-order valence-corrected chi connectivity index (χ3v) is 2.84. The molecule has 1 aromatic heterocycles. The summed E-state index contributed by atoms with van der Waals surface area (Å²) in [7, 11) is 1.53. The summed E-state index contributed by atoms with van der Waals surface area (Å²) >= 11 is 0. The third kappa shape index (κ3) is 2.85. The first-order chi connectivity index (χ1) is 9.49. The number of rotatable bonds is 3. The molecule has 0 aliphatic carbocycles. The molecule has 0 spiro atoms. The van der Waals surface area contributed by atoms with E-state index in [1.807, 2.05) is 0 Å². The zero-order valence-corrected chi connectivity index (χ0v) is 10.8. The average molecular weight is 276 g/mol. The highest BCUT2D eigenvalue weighted by atomic mass is 19.1. The van der Waals surface area contributed by atoms with Gasteiger partial charge in [0.25, 0.3) is 11.5 Å². The number of hydrogen-bond acceptors (Lipinski definition) is 3. The molecular formula is C14H13FN2O3. The SMILES string of the molecule is CN(Cc1ccc(F)cc1)C(=O)c1cc[nH]c(=O)c1O. The second-order valence-corrected chi connectivity index (χ2v) is 4.36. The largest absolute Gasteiger partial charge is 0.502 e. The van der Waals surface area contributed by atoms with Crippen LogP contribution in [0.2, 0.25) is 0 Å². The summed E-state index contributed by atoms with van der Waals surface area (Å²) < 4.78 is 12.8. The van der Waals surface area contributed by atoms with Gasteiger partial charge in [-0.25, -0.2) is 4.39 Å². The van der Waals surface area contributed by atoms with E-state index in [4.69, 9.17) is 0 Å². The summed E-state index contributed by atoms with van der Waals surface area (Å²) in [4.78, 5) is 27.0. The Morgan fingerprint density at radius 3 is 2.60 bits per heavy atom. The Hall–Kier alpha value is -2.63. The smallest absolute Gasteiger partial charge is 0.290 e. The second kappa shape index (κ2) is 5.56. The molecule has 0 atom stereocenters. The molecule has 0 aliphatic heterocycles. The zero-order valence-electron chi connectivity index (χ0n) is 10.8. The van der Waals surface area contributed by atoms with Gasteiger partial charge in [-0.05, 0) is 23.8 Å². The van der Waals surface area contributed by atoms with Crippen molar-refractivity contribution in [3.05, 3.63) is 63.8 Å². The predicted octanol–water partition coefficient (Wildman–Crippen LogP) is 1.49. The molecule has 5 nitrogen and oxygen atoms in total. The van der Waals surface area contributed by atoms with Crippen LogP contribution in [-0.2, 0) is 6.54 Å². The van der Waals surface area contributed by atoms with Gasteiger partial charge in [-0.1, -0.05) is 12.1 Å². The predicted molar refractivity (Wildman–Crippen MR) is 70.9 cm³/mol. The Morgan fingerprint density at radius 1 is 1.30 bits per heavy atom. The molecule has 1 amide bonds. The first-order valence-electron chi connectivity index (χ1n) is 5.89. The van der Waals surface area contributed by atoms with Gasteiger partial charge in [0.2, 0.25) is 0 Å². The van der Waals surface area contributed by atoms with E-state index in [0.29, 0.717) is 0 Å². The van der Waals surface area contributed by atoms with Crippen molar-refractivity contribution in [2.45, 2.75) is 6.54 Å². The number of aromatic amines is 1. The fourth-order valence-electron chi connectivity index (χ4n) is 1.78. The first kappa shape index (κ1) is 13.8. The molecule has 0 aliphatic rings. The van der Waals surface area contributed by atoms with E-state index in [1.165, 1.54) is 36.3 Å². The number of H-pyrrole nitrogens is 1. The van der Waals surface area contributed by atoms with Crippen molar-refractivity contribution in [3.8, 4) is 5.75 Å². The van der Waals surface area contributed by atoms with Gasteiger partial charge in [0, 0.05) is 19.8 Å². The molecule has 6 heteroatoms. The number of benzene rings is 1. The molecule has 0 radical (unpaired) electrons. The van der Waals surface area contributed by atoms with Crippen molar-refractivity contribution in [2.24, 2.45) is 0 Å². The van der Waals surface area contributed by atoms with Gasteiger partial charge in [-0.15, -0.1) is 0 Å². The molecule has 0 saturated heterocycles. The standard InChI is InChI=1S/C14H13FN2O3/c1-17(8-9-2-4-10(15)5-3-9)14(20)11-6-7-16-13(19)12(11)18/h2-7,18H,8H2,1H3,(H,16,19). The average Bonchev–Trinajstić information content (AvgIpc) is 2.43. The van der Waals surface area contributed by atoms with E-state index >= 15 is 0 Å². The summed E-state index contributed by atoms with van der Waals surface area (Å²) in [6, 6.07) is 7.07. The second-order valence-electron chi connectivity index (χ2n) is 4.36. The Kier molecular flexibility index (Phi) is 3.84. The summed E-state index contributed by atoms with van der Waals surface area (Å²) in [5.41, 5.74) is -0.0454. The highest BCUT2D eigenvalue weighted by molar-refractivity contribution is 5.96. The Morgan fingerprint density at radius 2 is 1.95 bits per heavy atom. The van der Waals surface area contributed by atoms with Gasteiger partial charge >= 0.3 is 0 Å². The van der Waals surface area contributed by atoms with Gasteiger partial charge in [0.05, 0.1) is 5.56 Å². The number of carbonyl (C=O) groups excluding carboxylic acids is 1. The van der Waals surface area contributed by atoms with Crippen LogP contribution in [0.15, 0.2) is 41.3 Å². The molecule has 2 N–H and O–H groups in total. The van der Waals surface area contributed by atoms with E-state index in [1.54, 1.807) is 12.1 Å². The molecule has 0 bridgehead atoms. The number of nitrogens with zero attached hydrogens (tertiary/aromatic N) is 1. The van der Waals surface area contributed by atoms with Crippen molar-refractivity contribution in [2.75, 3.05) is 7.05 Å². The maximum absolute atomic E-state index is 12.8. The van der Waals surface area contributed by atoms with Crippen LogP contribution in [-0.4, -0.2) is 27.9 Å². The minimum Gasteiger partial charge on any atom is -0.502 e. The minimum atomic E-state index is -0.717. The molecule has 2 aromatic rings. The van der Waals surface area contributed by atoms with E-state index in [0.717, 1.165) is 5.56 Å². The number of hydrogen-bond donors (Lipinski definition) is 2. The van der Waals surface area contributed by atoms with Gasteiger partial charge < -0.3 is 15.0 Å². The highest BCUT2D eigenvalue weighted by Crippen LogP contribution is 2.14. The van der Waals surface area contributed by atoms with Crippen LogP contribution < -0.4 is 5.56 Å². The van der Waals surface area contributed by atoms with Crippen LogP contribution in [0.4, 0.5) is 4.39 Å². The van der Waals surface area contributed by atoms with Crippen molar-refractivity contribution in [1.82, 2.24) is 9.88 Å². The van der Waals surface area contributed by atoms with Crippen LogP contribution >= 0.6 is 0 Å². The van der Waals surface area contributed by atoms with Gasteiger partial charge in [-0.3, -0.25) is 9.59 Å². The molecule has 1 heterocycles. The molecule has 0 saturated carbocycles. The maximum Gasteiger partial charge on any atom is 0.290 e. The number of pyridine rings is 1. The van der Waals surface area contributed by atoms with E-state index < -0.39 is 17.2 Å². The van der Waals surface area contributed by atoms with Crippen LogP contribution in [0.25, 0.3) is 0 Å². The van der Waals surface area contributed by atoms with Crippen molar-refractivity contribution >= 4 is 5.91 Å². The highest BCUT2D eigenvalue weighted by Gasteiger charge is 2.17. The Balaban J connectivity index is 2.18. The minimum absolute atomic E-state index is 0.0710. The van der Waals surface area contributed by atoms with Crippen molar-refractivity contribution < 1.29 is 14.3 Å². The lowest BCUT2D eigenvalue weighted by Gasteiger charge is -2.17. The van der Waals surface area contributed by atoms with E-state index in [-0.39, 0.29) is 17.9 Å². The van der Waals surface area contributed by atoms with Crippen LogP contribution in [0.3, 0.4) is 0 Å². The number of aromatic nitrogens is 1. The normalized spacial score (nSPS) is 10.3. The number of halogens is 1. The lowest BCUT2D eigenvalue weighted by atomic mass is 10.2. The van der Waals surface area contributed by atoms with E-state index in [9.17, 15) is 19.1 Å². The fraction of sp³-hybridized carbons (Fsp3) is 0.143. The zero-order chi connectivity index (χ0) is 14.7. The molecule has 0 fully saturated rings. The summed E-state index contributed by atoms with van der Waals surface area (Å²) in [6.07, 6.45) is 1.29. The van der Waals surface area contributed by atoms with Crippen LogP contribution in [0.5, 0.6) is 5.75 Å². The molecule has 0 unspecified atom stereocenters. The lowest BCUT2D eigenvalue weighted by molar-refractivity contribution is 0.0781. The lowest BCUT2D eigenvalue weighted by Crippen LogP contribution is -2.27. The molecule has 104 valence electrons. The summed E-state index contributed by atoms with van der Waals surface area (Å²) in [6.45, 7) is 0.241. The molecule has 20 heavy (non-hydrogen) atoms. The van der Waals surface area contributed by atoms with Crippen LogP contribution in [0, 0.1) is 5.82 Å². The number of amides is 1. The number of carbonyl (C=O) groups is 1. The van der Waals surface area contributed by atoms with Gasteiger partial charge in [-0.2, -0.15) is 0 Å². The molecule has 1 aromatic carbocycles. The number of nitrogens with one attached hydrogen (secondary N) is 1. The van der Waals surface area contributed by atoms with E-state index in [2.05, 4.69) is 4.98 Å². The maximum atomic E-state index is 12.8. The number of aromatic hydroxyl groups is 1. The fourth-order valence-corrected chi connectivity index (χ4v) is 1.78. The van der Waals surface area contributed by atoms with Gasteiger partial charge in [0.1, 0.15) is 5.82 Å².